The number of aryl methyl sites for hydroxylation is 1. The van der Waals surface area contributed by atoms with Crippen molar-refractivity contribution in [2.75, 3.05) is 59.4 Å². The molecule has 1 aliphatic rings. The number of amides is 3. The van der Waals surface area contributed by atoms with Gasteiger partial charge in [-0.3, -0.25) is 24.0 Å². The molecule has 2 aromatic carbocycles. The molecule has 0 spiro atoms. The lowest BCUT2D eigenvalue weighted by Gasteiger charge is -2.37. The van der Waals surface area contributed by atoms with Crippen LogP contribution in [0.1, 0.15) is 88.0 Å². The van der Waals surface area contributed by atoms with Gasteiger partial charge in [-0.25, -0.2) is 17.6 Å². The Morgan fingerprint density at radius 3 is 2.07 bits per heavy atom. The van der Waals surface area contributed by atoms with Gasteiger partial charge in [-0.1, -0.05) is 36.0 Å². The lowest BCUT2D eigenvalue weighted by Crippen LogP contribution is -2.59. The quantitative estimate of drug-likeness (QED) is 0.0111. The summed E-state index contributed by atoms with van der Waals surface area (Å²) in [4.78, 5) is 65.7. The van der Waals surface area contributed by atoms with E-state index in [9.17, 15) is 41.5 Å². The predicted octanol–water partition coefficient (Wildman–Crippen LogP) is 5.76. The fourth-order valence-electron chi connectivity index (χ4n) is 6.80. The monoisotopic (exact) mass is 860 g/mol. The van der Waals surface area contributed by atoms with E-state index in [4.69, 9.17) is 26.5 Å². The van der Waals surface area contributed by atoms with E-state index in [0.29, 0.717) is 74.4 Å². The van der Waals surface area contributed by atoms with Crippen molar-refractivity contribution >= 4 is 40.7 Å². The fraction of sp³-hybridized carbons (Fsp3) is 0.548. The van der Waals surface area contributed by atoms with Crippen LogP contribution in [0.3, 0.4) is 0 Å². The van der Waals surface area contributed by atoms with Crippen LogP contribution in [0.5, 0.6) is 0 Å². The summed E-state index contributed by atoms with van der Waals surface area (Å²) in [5.41, 5.74) is 5.21. The summed E-state index contributed by atoms with van der Waals surface area (Å²) in [5, 5.41) is 19.3. The summed E-state index contributed by atoms with van der Waals surface area (Å²) >= 11 is 0. The van der Waals surface area contributed by atoms with Gasteiger partial charge >= 0.3 is 0 Å². The Balaban J connectivity index is 1.49. The topological polar surface area (TPSA) is 209 Å². The number of hydrogen-bond donors (Lipinski definition) is 4. The minimum atomic E-state index is -2.11. The number of unbranched alkanes of at least 4 members (excludes halogenated alkanes) is 4. The Bertz CT molecular complexity index is 1930. The van der Waals surface area contributed by atoms with Crippen LogP contribution < -0.4 is 16.0 Å². The number of nitrogens with zero attached hydrogens (tertiary/aromatic N) is 4. The first kappa shape index (κ1) is 50.0. The van der Waals surface area contributed by atoms with E-state index in [-0.39, 0.29) is 36.6 Å². The largest absolute Gasteiger partial charge is 0.389 e. The maximum Gasteiger partial charge on any atom is 0.241 e. The third-order valence-corrected chi connectivity index (χ3v) is 10.2. The Hall–Kier alpha value is -5.38. The molecule has 1 heterocycles. The van der Waals surface area contributed by atoms with E-state index in [0.717, 1.165) is 18.4 Å². The number of terminal acetylenes is 1. The lowest BCUT2D eigenvalue weighted by molar-refractivity contribution is -0.886. The SMILES string of the molecule is C#CCNC(=O)C1(C(=O)NCCCC[C@H](C(=O)CCCc2ccc(NC(=O)CCCCCCC(=O)CO)cc2)[N+](C)(C)C)COC(c2c(F)c(F)c(N=[N+]=[N-])c(F)c2F)OC1. The van der Waals surface area contributed by atoms with Gasteiger partial charge < -0.3 is 35.0 Å². The second-order valence-electron chi connectivity index (χ2n) is 15.7. The van der Waals surface area contributed by atoms with Gasteiger partial charge in [-0.05, 0) is 61.8 Å². The highest BCUT2D eigenvalue weighted by Gasteiger charge is 2.51. The van der Waals surface area contributed by atoms with Crippen LogP contribution in [0.15, 0.2) is 29.4 Å². The number of ether oxygens (including phenoxy) is 2. The third kappa shape index (κ3) is 14.4. The number of quaternary nitrogens is 1. The fourth-order valence-corrected chi connectivity index (χ4v) is 6.80. The van der Waals surface area contributed by atoms with Gasteiger partial charge in [-0.15, -0.1) is 6.42 Å². The highest BCUT2D eigenvalue weighted by molar-refractivity contribution is 6.05. The van der Waals surface area contributed by atoms with Crippen molar-refractivity contribution in [2.24, 2.45) is 10.5 Å². The highest BCUT2D eigenvalue weighted by Crippen LogP contribution is 2.39. The Labute approximate surface area is 352 Å². The maximum atomic E-state index is 14.8. The standard InChI is InChI=1S/C42H53F4N7O8/c1-5-22-48-40(58)42(25-60-39(61-26-42)33-34(43)36(45)38(51-52-47)37(46)35(33)44)41(59)49-23-11-10-15-30(53(2,3)4)31(56)16-12-13-27-18-20-28(21-19-27)50-32(57)17-9-7-6-8-14-29(55)24-54/h1,18-21,30,39,54H,6-17,22-26H2,2-4H3,(H2-,48,49,50,57,58,59)/p+1/t30-,39?,42?/m1/s1. The second kappa shape index (κ2) is 24.2. The number of aliphatic hydroxyl groups excluding tert-OH is 1. The van der Waals surface area contributed by atoms with Gasteiger partial charge in [0.25, 0.3) is 0 Å². The first-order chi connectivity index (χ1) is 29.0. The zero-order valence-corrected chi connectivity index (χ0v) is 34.7. The summed E-state index contributed by atoms with van der Waals surface area (Å²) in [7, 11) is 5.76. The lowest BCUT2D eigenvalue weighted by atomic mass is 9.86. The molecule has 0 saturated carbocycles. The van der Waals surface area contributed by atoms with Crippen LogP contribution in [-0.2, 0) is 39.9 Å². The third-order valence-electron chi connectivity index (χ3n) is 10.2. The van der Waals surface area contributed by atoms with Crippen molar-refractivity contribution in [1.82, 2.24) is 10.6 Å². The number of rotatable bonds is 25. The molecule has 2 aromatic rings. The molecule has 19 heteroatoms. The first-order valence-electron chi connectivity index (χ1n) is 20.0. The number of likely N-dealkylation sites (N-methyl/N-ethyl adjacent to an activating group) is 1. The summed E-state index contributed by atoms with van der Waals surface area (Å²) in [6.07, 6.45) is 9.95. The zero-order valence-electron chi connectivity index (χ0n) is 34.7. The molecule has 1 aliphatic heterocycles. The summed E-state index contributed by atoms with van der Waals surface area (Å²) in [6, 6.07) is 7.12. The van der Waals surface area contributed by atoms with E-state index in [2.05, 4.69) is 31.9 Å². The van der Waals surface area contributed by atoms with Crippen LogP contribution >= 0.6 is 0 Å². The van der Waals surface area contributed by atoms with Crippen molar-refractivity contribution in [3.8, 4) is 12.3 Å². The van der Waals surface area contributed by atoms with Crippen molar-refractivity contribution in [3.05, 3.63) is 69.1 Å². The van der Waals surface area contributed by atoms with Crippen LogP contribution in [0, 0.1) is 41.0 Å². The number of ketones is 2. The van der Waals surface area contributed by atoms with E-state index in [1.165, 1.54) is 0 Å². The minimum absolute atomic E-state index is 0.0663. The molecule has 1 fully saturated rings. The van der Waals surface area contributed by atoms with E-state index >= 15 is 0 Å². The van der Waals surface area contributed by atoms with Gasteiger partial charge in [0, 0.05) is 42.8 Å². The number of carbonyl (C=O) groups is 5. The number of halogens is 4. The number of aliphatic hydroxyl groups is 1. The molecule has 0 aromatic heterocycles. The van der Waals surface area contributed by atoms with Gasteiger partial charge in [0.05, 0.1) is 46.5 Å². The molecule has 3 rings (SSSR count). The van der Waals surface area contributed by atoms with Crippen molar-refractivity contribution in [2.45, 2.75) is 89.4 Å². The summed E-state index contributed by atoms with van der Waals surface area (Å²) < 4.78 is 69.5. The summed E-state index contributed by atoms with van der Waals surface area (Å²) in [6.45, 7) is -2.30. The van der Waals surface area contributed by atoms with Gasteiger partial charge in [0.2, 0.25) is 17.7 Å². The van der Waals surface area contributed by atoms with Gasteiger partial charge in [-0.2, -0.15) is 0 Å². The summed E-state index contributed by atoms with van der Waals surface area (Å²) in [5.74, 6) is -7.69. The number of Topliss-reactive ketones (excluding diaryl/α,β-unsaturated/α-hetero) is 2. The smallest absolute Gasteiger partial charge is 0.241 e. The Morgan fingerprint density at radius 1 is 0.885 bits per heavy atom. The average molecular weight is 861 g/mol. The van der Waals surface area contributed by atoms with Crippen molar-refractivity contribution < 1.29 is 60.6 Å². The average Bonchev–Trinajstić information content (AvgIpc) is 3.23. The van der Waals surface area contributed by atoms with Crippen LogP contribution in [0.2, 0.25) is 0 Å². The van der Waals surface area contributed by atoms with Crippen LogP contribution in [-0.4, -0.2) is 99.0 Å². The molecule has 1 atom stereocenters. The van der Waals surface area contributed by atoms with Gasteiger partial charge in [0.15, 0.2) is 46.5 Å². The molecule has 4 N–H and O–H groups in total. The number of hydrogen-bond acceptors (Lipinski definition) is 9. The maximum absolute atomic E-state index is 14.8. The highest BCUT2D eigenvalue weighted by atomic mass is 19.2. The molecule has 0 aliphatic carbocycles. The van der Waals surface area contributed by atoms with Gasteiger partial charge in [0.1, 0.15) is 18.3 Å². The minimum Gasteiger partial charge on any atom is -0.389 e. The Kier molecular flexibility index (Phi) is 19.8. The Morgan fingerprint density at radius 2 is 1.49 bits per heavy atom. The second-order valence-corrected chi connectivity index (χ2v) is 15.7. The molecule has 3 amide bonds. The van der Waals surface area contributed by atoms with Crippen molar-refractivity contribution in [3.63, 3.8) is 0 Å². The number of carbonyl (C=O) groups excluding carboxylic acids is 5. The van der Waals surface area contributed by atoms with Crippen molar-refractivity contribution in [1.29, 1.82) is 0 Å². The van der Waals surface area contributed by atoms with E-state index in [1.807, 2.05) is 45.4 Å². The predicted molar refractivity (Wildman–Crippen MR) is 215 cm³/mol. The normalized spacial score (nSPS) is 16.7. The number of benzene rings is 2. The molecule has 1 saturated heterocycles. The first-order valence-corrected chi connectivity index (χ1v) is 20.0. The molecular weight excluding hydrogens is 806 g/mol. The number of azide groups is 1. The molecule has 332 valence electrons. The number of anilines is 1. The zero-order chi connectivity index (χ0) is 45.2. The van der Waals surface area contributed by atoms with Crippen LogP contribution in [0.4, 0.5) is 28.9 Å². The van der Waals surface area contributed by atoms with E-state index < -0.39 is 77.9 Å². The molecule has 15 nitrogen and oxygen atoms in total. The number of nitrogens with one attached hydrogen (secondary N) is 3. The molecule has 0 bridgehead atoms. The van der Waals surface area contributed by atoms with E-state index in [1.54, 1.807) is 0 Å². The van der Waals surface area contributed by atoms with Crippen LogP contribution in [0.25, 0.3) is 10.4 Å². The molecule has 0 unspecified atom stereocenters. The molecule has 0 radical (unpaired) electrons. The molecule has 61 heavy (non-hydrogen) atoms. The molecular formula is C42H54F4N7O8+.